The highest BCUT2D eigenvalue weighted by atomic mass is 19.4. The van der Waals surface area contributed by atoms with Gasteiger partial charge in [-0.05, 0) is 29.3 Å². The predicted molar refractivity (Wildman–Crippen MR) is 70.5 cm³/mol. The summed E-state index contributed by atoms with van der Waals surface area (Å²) in [7, 11) is 1.42. The standard InChI is InChI=1S/C15H11F3N2O/c1-21-14-13(11(6-8-19)7-9-20-14)10-2-4-12(5-3-10)15(16,17)18/h2-5,7,9H,6H2,1H3. The molecule has 108 valence electrons. The van der Waals surface area contributed by atoms with E-state index in [1.807, 2.05) is 6.07 Å². The maximum atomic E-state index is 12.6. The third-order valence-electron chi connectivity index (χ3n) is 2.97. The number of nitriles is 1. The molecule has 0 fully saturated rings. The Hall–Kier alpha value is -2.55. The molecule has 0 aliphatic rings. The number of hydrogen-bond acceptors (Lipinski definition) is 3. The Bertz CT molecular complexity index is 673. The summed E-state index contributed by atoms with van der Waals surface area (Å²) in [6, 6.07) is 8.37. The quantitative estimate of drug-likeness (QED) is 0.863. The Morgan fingerprint density at radius 3 is 2.38 bits per heavy atom. The van der Waals surface area contributed by atoms with E-state index in [9.17, 15) is 13.2 Å². The van der Waals surface area contributed by atoms with Gasteiger partial charge in [-0.2, -0.15) is 18.4 Å². The van der Waals surface area contributed by atoms with Crippen LogP contribution in [-0.2, 0) is 12.6 Å². The van der Waals surface area contributed by atoms with Crippen LogP contribution in [0.25, 0.3) is 11.1 Å². The van der Waals surface area contributed by atoms with Gasteiger partial charge in [0, 0.05) is 11.8 Å². The average Bonchev–Trinajstić information content (AvgIpc) is 2.46. The first-order chi connectivity index (χ1) is 9.97. The molecule has 0 N–H and O–H groups in total. The fourth-order valence-electron chi connectivity index (χ4n) is 2.00. The van der Waals surface area contributed by atoms with Crippen LogP contribution in [-0.4, -0.2) is 12.1 Å². The lowest BCUT2D eigenvalue weighted by molar-refractivity contribution is -0.137. The maximum absolute atomic E-state index is 12.6. The highest BCUT2D eigenvalue weighted by molar-refractivity contribution is 5.72. The fraction of sp³-hybridized carbons (Fsp3) is 0.200. The van der Waals surface area contributed by atoms with Gasteiger partial charge >= 0.3 is 6.18 Å². The van der Waals surface area contributed by atoms with Crippen molar-refractivity contribution in [2.45, 2.75) is 12.6 Å². The van der Waals surface area contributed by atoms with E-state index in [0.29, 0.717) is 16.7 Å². The number of halogens is 3. The minimum Gasteiger partial charge on any atom is -0.481 e. The third-order valence-corrected chi connectivity index (χ3v) is 2.97. The number of methoxy groups -OCH3 is 1. The van der Waals surface area contributed by atoms with Crippen LogP contribution >= 0.6 is 0 Å². The van der Waals surface area contributed by atoms with E-state index < -0.39 is 11.7 Å². The fourth-order valence-corrected chi connectivity index (χ4v) is 2.00. The largest absolute Gasteiger partial charge is 0.481 e. The topological polar surface area (TPSA) is 45.9 Å². The molecule has 0 aliphatic carbocycles. The minimum absolute atomic E-state index is 0.120. The van der Waals surface area contributed by atoms with Crippen molar-refractivity contribution >= 4 is 0 Å². The number of nitrogens with zero attached hydrogens (tertiary/aromatic N) is 2. The summed E-state index contributed by atoms with van der Waals surface area (Å²) < 4.78 is 42.9. The van der Waals surface area contributed by atoms with Crippen LogP contribution in [0, 0.1) is 11.3 Å². The Morgan fingerprint density at radius 1 is 1.19 bits per heavy atom. The molecule has 0 aliphatic heterocycles. The maximum Gasteiger partial charge on any atom is 0.416 e. The third kappa shape index (κ3) is 3.14. The van der Waals surface area contributed by atoms with Gasteiger partial charge in [-0.3, -0.25) is 0 Å². The second-order valence-corrected chi connectivity index (χ2v) is 4.26. The van der Waals surface area contributed by atoms with Crippen molar-refractivity contribution in [3.05, 3.63) is 47.7 Å². The second kappa shape index (κ2) is 5.83. The van der Waals surface area contributed by atoms with Crippen molar-refractivity contribution in [2.75, 3.05) is 7.11 Å². The van der Waals surface area contributed by atoms with E-state index in [0.717, 1.165) is 12.1 Å². The van der Waals surface area contributed by atoms with E-state index in [4.69, 9.17) is 10.00 Å². The van der Waals surface area contributed by atoms with Gasteiger partial charge in [0.2, 0.25) is 5.88 Å². The summed E-state index contributed by atoms with van der Waals surface area (Å²) in [5.41, 5.74) is 0.994. The van der Waals surface area contributed by atoms with Gasteiger partial charge in [0.05, 0.1) is 25.2 Å². The smallest absolute Gasteiger partial charge is 0.416 e. The van der Waals surface area contributed by atoms with Crippen LogP contribution in [0.3, 0.4) is 0 Å². The second-order valence-electron chi connectivity index (χ2n) is 4.26. The van der Waals surface area contributed by atoms with Gasteiger partial charge in [0.25, 0.3) is 0 Å². The first-order valence-corrected chi connectivity index (χ1v) is 6.04. The zero-order valence-corrected chi connectivity index (χ0v) is 11.1. The molecule has 1 aromatic heterocycles. The first-order valence-electron chi connectivity index (χ1n) is 6.04. The molecule has 1 heterocycles. The predicted octanol–water partition coefficient (Wildman–Crippen LogP) is 3.84. The number of ether oxygens (including phenoxy) is 1. The lowest BCUT2D eigenvalue weighted by atomic mass is 9.98. The number of hydrogen-bond donors (Lipinski definition) is 0. The van der Waals surface area contributed by atoms with Gasteiger partial charge in [0.15, 0.2) is 0 Å². The van der Waals surface area contributed by atoms with Crippen LogP contribution in [0.2, 0.25) is 0 Å². The Kier molecular flexibility index (Phi) is 4.13. The normalized spacial score (nSPS) is 11.0. The first kappa shape index (κ1) is 14.9. The molecule has 0 amide bonds. The molecular formula is C15H11F3N2O. The Labute approximate surface area is 119 Å². The summed E-state index contributed by atoms with van der Waals surface area (Å²) in [5.74, 6) is 0.280. The lowest BCUT2D eigenvalue weighted by Gasteiger charge is -2.12. The highest BCUT2D eigenvalue weighted by Gasteiger charge is 2.30. The molecular weight excluding hydrogens is 281 g/mol. The molecule has 6 heteroatoms. The zero-order chi connectivity index (χ0) is 15.5. The van der Waals surface area contributed by atoms with Crippen LogP contribution in [0.15, 0.2) is 36.5 Å². The summed E-state index contributed by atoms with van der Waals surface area (Å²) in [6.45, 7) is 0. The van der Waals surface area contributed by atoms with Crippen LogP contribution < -0.4 is 4.74 Å². The number of rotatable bonds is 3. The molecule has 0 radical (unpaired) electrons. The van der Waals surface area contributed by atoms with Gasteiger partial charge in [-0.15, -0.1) is 0 Å². The molecule has 3 nitrogen and oxygen atoms in total. The summed E-state index contributed by atoms with van der Waals surface area (Å²) in [6.07, 6.45) is -2.76. The summed E-state index contributed by atoms with van der Waals surface area (Å²) in [5, 5.41) is 8.85. The monoisotopic (exact) mass is 292 g/mol. The number of pyridine rings is 1. The van der Waals surface area contributed by atoms with Crippen molar-refractivity contribution < 1.29 is 17.9 Å². The van der Waals surface area contributed by atoms with E-state index in [1.54, 1.807) is 6.07 Å². The molecule has 0 unspecified atom stereocenters. The Balaban J connectivity index is 2.53. The zero-order valence-electron chi connectivity index (χ0n) is 11.1. The Morgan fingerprint density at radius 2 is 1.86 bits per heavy atom. The molecule has 21 heavy (non-hydrogen) atoms. The van der Waals surface area contributed by atoms with Gasteiger partial charge < -0.3 is 4.74 Å². The molecule has 2 aromatic rings. The van der Waals surface area contributed by atoms with Crippen molar-refractivity contribution in [3.63, 3.8) is 0 Å². The van der Waals surface area contributed by atoms with E-state index in [1.165, 1.54) is 25.4 Å². The SMILES string of the molecule is COc1nccc(CC#N)c1-c1ccc(C(F)(F)F)cc1. The van der Waals surface area contributed by atoms with Crippen LogP contribution in [0.1, 0.15) is 11.1 Å². The summed E-state index contributed by atoms with van der Waals surface area (Å²) in [4.78, 5) is 4.03. The molecule has 0 spiro atoms. The number of benzene rings is 1. The van der Waals surface area contributed by atoms with Crippen molar-refractivity contribution in [1.82, 2.24) is 4.98 Å². The van der Waals surface area contributed by atoms with E-state index in [2.05, 4.69) is 4.98 Å². The van der Waals surface area contributed by atoms with Gasteiger partial charge in [-0.25, -0.2) is 4.98 Å². The molecule has 2 rings (SSSR count). The van der Waals surface area contributed by atoms with Crippen molar-refractivity contribution in [1.29, 1.82) is 5.26 Å². The number of alkyl halides is 3. The van der Waals surface area contributed by atoms with E-state index in [-0.39, 0.29) is 12.3 Å². The lowest BCUT2D eigenvalue weighted by Crippen LogP contribution is -2.04. The summed E-state index contributed by atoms with van der Waals surface area (Å²) >= 11 is 0. The van der Waals surface area contributed by atoms with Gasteiger partial charge in [0.1, 0.15) is 0 Å². The molecule has 0 atom stereocenters. The minimum atomic E-state index is -4.38. The molecule has 0 saturated heterocycles. The molecule has 0 saturated carbocycles. The van der Waals surface area contributed by atoms with E-state index >= 15 is 0 Å². The number of aromatic nitrogens is 1. The highest BCUT2D eigenvalue weighted by Crippen LogP contribution is 2.35. The average molecular weight is 292 g/mol. The molecule has 1 aromatic carbocycles. The van der Waals surface area contributed by atoms with Crippen molar-refractivity contribution in [2.24, 2.45) is 0 Å². The van der Waals surface area contributed by atoms with Crippen LogP contribution in [0.4, 0.5) is 13.2 Å². The van der Waals surface area contributed by atoms with Crippen LogP contribution in [0.5, 0.6) is 5.88 Å². The van der Waals surface area contributed by atoms with Gasteiger partial charge in [-0.1, -0.05) is 12.1 Å². The van der Waals surface area contributed by atoms with Crippen molar-refractivity contribution in [3.8, 4) is 23.1 Å². The molecule has 0 bridgehead atoms.